The number of nitrogens with one attached hydrogen (secondary N) is 1. The largest absolute Gasteiger partial charge is 0.364 e. The average molecular weight is 256 g/mol. The minimum atomic E-state index is -0.396. The van der Waals surface area contributed by atoms with Crippen LogP contribution in [0.1, 0.15) is 12.8 Å². The number of nitrogens with two attached hydrogens (primary N) is 1. The minimum Gasteiger partial charge on any atom is -0.364 e. The van der Waals surface area contributed by atoms with Crippen molar-refractivity contribution in [2.24, 2.45) is 12.9 Å². The van der Waals surface area contributed by atoms with E-state index in [0.29, 0.717) is 0 Å². The van der Waals surface area contributed by atoms with Crippen molar-refractivity contribution in [1.29, 1.82) is 0 Å². The van der Waals surface area contributed by atoms with Crippen LogP contribution in [0.4, 0.5) is 0 Å². The number of amides is 1. The second-order valence-electron chi connectivity index (χ2n) is 3.96. The Balaban J connectivity index is 1.79. The van der Waals surface area contributed by atoms with Crippen LogP contribution in [-0.4, -0.2) is 33.4 Å². The molecule has 0 aromatic carbocycles. The molecular formula is C10H16N4O2S. The van der Waals surface area contributed by atoms with Gasteiger partial charge in [0.25, 0.3) is 5.91 Å². The molecule has 7 heteroatoms. The number of carbonyl (C=O) groups is 1. The van der Waals surface area contributed by atoms with Crippen molar-refractivity contribution in [3.8, 4) is 0 Å². The van der Waals surface area contributed by atoms with Crippen molar-refractivity contribution < 1.29 is 9.53 Å². The standard InChI is InChI=1S/C10H16N4O2S/c1-14-5-4-12-10(14)17-6-7-2-3-8(16-7)9(15)13-11/h4-5,7-8H,2-3,6,11H2,1H3,(H,13,15). The first-order valence-corrected chi connectivity index (χ1v) is 6.45. The van der Waals surface area contributed by atoms with Gasteiger partial charge in [0, 0.05) is 25.2 Å². The molecule has 1 saturated heterocycles. The van der Waals surface area contributed by atoms with E-state index in [-0.39, 0.29) is 12.0 Å². The lowest BCUT2D eigenvalue weighted by Crippen LogP contribution is -2.39. The molecule has 17 heavy (non-hydrogen) atoms. The second-order valence-corrected chi connectivity index (χ2v) is 4.95. The van der Waals surface area contributed by atoms with Gasteiger partial charge in [-0.1, -0.05) is 11.8 Å². The normalized spacial score (nSPS) is 23.9. The molecule has 2 unspecified atom stereocenters. The highest BCUT2D eigenvalue weighted by Gasteiger charge is 2.30. The molecule has 1 aromatic rings. The summed E-state index contributed by atoms with van der Waals surface area (Å²) in [5.74, 6) is 5.63. The van der Waals surface area contributed by atoms with Crippen molar-refractivity contribution in [3.63, 3.8) is 0 Å². The third-order valence-corrected chi connectivity index (χ3v) is 3.91. The zero-order chi connectivity index (χ0) is 12.3. The maximum absolute atomic E-state index is 11.3. The van der Waals surface area contributed by atoms with Crippen molar-refractivity contribution in [1.82, 2.24) is 15.0 Å². The third kappa shape index (κ3) is 2.99. The fourth-order valence-electron chi connectivity index (χ4n) is 1.77. The van der Waals surface area contributed by atoms with Crippen LogP contribution >= 0.6 is 11.8 Å². The maximum Gasteiger partial charge on any atom is 0.263 e. The van der Waals surface area contributed by atoms with Crippen molar-refractivity contribution in [2.45, 2.75) is 30.2 Å². The fourth-order valence-corrected chi connectivity index (χ4v) is 2.75. The number of carbonyl (C=O) groups excluding carboxylic acids is 1. The summed E-state index contributed by atoms with van der Waals surface area (Å²) in [5, 5.41) is 0.959. The quantitative estimate of drug-likeness (QED) is 0.344. The number of hydrogen-bond acceptors (Lipinski definition) is 5. The van der Waals surface area contributed by atoms with Gasteiger partial charge in [-0.25, -0.2) is 10.8 Å². The highest BCUT2D eigenvalue weighted by Crippen LogP contribution is 2.25. The minimum absolute atomic E-state index is 0.0963. The van der Waals surface area contributed by atoms with Gasteiger partial charge in [-0.2, -0.15) is 0 Å². The summed E-state index contributed by atoms with van der Waals surface area (Å²) < 4.78 is 7.56. The molecule has 1 aliphatic rings. The highest BCUT2D eigenvalue weighted by molar-refractivity contribution is 7.99. The van der Waals surface area contributed by atoms with Gasteiger partial charge >= 0.3 is 0 Å². The molecule has 1 amide bonds. The Labute approximate surface area is 104 Å². The first-order chi connectivity index (χ1) is 8.20. The zero-order valence-corrected chi connectivity index (χ0v) is 10.4. The Morgan fingerprint density at radius 1 is 1.76 bits per heavy atom. The van der Waals surface area contributed by atoms with Gasteiger partial charge < -0.3 is 9.30 Å². The Kier molecular flexibility index (Phi) is 4.03. The average Bonchev–Trinajstić information content (AvgIpc) is 2.94. The van der Waals surface area contributed by atoms with Crippen molar-refractivity contribution in [3.05, 3.63) is 12.4 Å². The van der Waals surface area contributed by atoms with Crippen LogP contribution in [0, 0.1) is 0 Å². The molecule has 6 nitrogen and oxygen atoms in total. The molecule has 0 aliphatic carbocycles. The first-order valence-electron chi connectivity index (χ1n) is 5.46. The van der Waals surface area contributed by atoms with E-state index in [9.17, 15) is 4.79 Å². The molecule has 1 aromatic heterocycles. The van der Waals surface area contributed by atoms with Crippen LogP contribution in [0.2, 0.25) is 0 Å². The van der Waals surface area contributed by atoms with Gasteiger partial charge in [0.15, 0.2) is 5.16 Å². The molecule has 0 saturated carbocycles. The number of nitrogens with zero attached hydrogens (tertiary/aromatic N) is 2. The lowest BCUT2D eigenvalue weighted by atomic mass is 10.2. The summed E-state index contributed by atoms with van der Waals surface area (Å²) in [6, 6.07) is 0. The lowest BCUT2D eigenvalue weighted by Gasteiger charge is -2.11. The maximum atomic E-state index is 11.3. The molecule has 2 rings (SSSR count). The predicted molar refractivity (Wildman–Crippen MR) is 64.2 cm³/mol. The van der Waals surface area contributed by atoms with Crippen LogP contribution in [0.5, 0.6) is 0 Å². The number of thioether (sulfide) groups is 1. The van der Waals surface area contributed by atoms with E-state index in [4.69, 9.17) is 10.6 Å². The number of rotatable bonds is 4. The molecule has 2 atom stereocenters. The van der Waals surface area contributed by atoms with Gasteiger partial charge in [-0.3, -0.25) is 10.2 Å². The van der Waals surface area contributed by atoms with Gasteiger partial charge in [0.1, 0.15) is 6.10 Å². The first kappa shape index (κ1) is 12.4. The van der Waals surface area contributed by atoms with E-state index in [1.807, 2.05) is 17.8 Å². The van der Waals surface area contributed by atoms with E-state index in [1.54, 1.807) is 18.0 Å². The Morgan fingerprint density at radius 3 is 3.24 bits per heavy atom. The van der Waals surface area contributed by atoms with Gasteiger partial charge in [-0.05, 0) is 12.8 Å². The molecule has 0 radical (unpaired) electrons. The predicted octanol–water partition coefficient (Wildman–Crippen LogP) is 0.0497. The van der Waals surface area contributed by atoms with Gasteiger partial charge in [-0.15, -0.1) is 0 Å². The molecule has 3 N–H and O–H groups in total. The fraction of sp³-hybridized carbons (Fsp3) is 0.600. The molecule has 2 heterocycles. The van der Waals surface area contributed by atoms with E-state index >= 15 is 0 Å². The van der Waals surface area contributed by atoms with Crippen LogP contribution < -0.4 is 11.3 Å². The van der Waals surface area contributed by atoms with Gasteiger partial charge in [0.2, 0.25) is 0 Å². The van der Waals surface area contributed by atoms with Crippen molar-refractivity contribution >= 4 is 17.7 Å². The summed E-state index contributed by atoms with van der Waals surface area (Å²) in [5.41, 5.74) is 2.12. The van der Waals surface area contributed by atoms with Crippen molar-refractivity contribution in [2.75, 3.05) is 5.75 Å². The van der Waals surface area contributed by atoms with Crippen LogP contribution in [0.15, 0.2) is 17.6 Å². The van der Waals surface area contributed by atoms with E-state index < -0.39 is 6.10 Å². The number of aryl methyl sites for hydroxylation is 1. The van der Waals surface area contributed by atoms with Crippen LogP contribution in [0.3, 0.4) is 0 Å². The Morgan fingerprint density at radius 2 is 2.59 bits per heavy atom. The Bertz CT molecular complexity index is 395. The molecular weight excluding hydrogens is 240 g/mol. The zero-order valence-electron chi connectivity index (χ0n) is 9.63. The summed E-state index contributed by atoms with van der Waals surface area (Å²) in [4.78, 5) is 15.5. The summed E-state index contributed by atoms with van der Waals surface area (Å²) in [6.07, 6.45) is 4.99. The molecule has 1 fully saturated rings. The van der Waals surface area contributed by atoms with E-state index in [0.717, 1.165) is 23.8 Å². The molecule has 1 aliphatic heterocycles. The SMILES string of the molecule is Cn1ccnc1SCC1CCC(C(=O)NN)O1. The number of ether oxygens (including phenoxy) is 1. The van der Waals surface area contributed by atoms with Gasteiger partial charge in [0.05, 0.1) is 6.10 Å². The molecule has 0 bridgehead atoms. The van der Waals surface area contributed by atoms with E-state index in [2.05, 4.69) is 10.4 Å². The Hall–Kier alpha value is -1.05. The summed E-state index contributed by atoms with van der Waals surface area (Å²) in [7, 11) is 1.95. The molecule has 94 valence electrons. The highest BCUT2D eigenvalue weighted by atomic mass is 32.2. The number of hydrazine groups is 1. The molecule has 0 spiro atoms. The monoisotopic (exact) mass is 256 g/mol. The topological polar surface area (TPSA) is 82.2 Å². The number of hydrogen-bond donors (Lipinski definition) is 2. The van der Waals surface area contributed by atoms with E-state index in [1.165, 1.54) is 0 Å². The number of imidazole rings is 1. The lowest BCUT2D eigenvalue weighted by molar-refractivity contribution is -0.131. The smallest absolute Gasteiger partial charge is 0.263 e. The van der Waals surface area contributed by atoms with Crippen LogP contribution in [-0.2, 0) is 16.6 Å². The summed E-state index contributed by atoms with van der Waals surface area (Å²) in [6.45, 7) is 0. The van der Waals surface area contributed by atoms with Crippen LogP contribution in [0.25, 0.3) is 0 Å². The third-order valence-electron chi connectivity index (χ3n) is 2.72. The second kappa shape index (κ2) is 5.52. The number of aromatic nitrogens is 2. The summed E-state index contributed by atoms with van der Waals surface area (Å²) >= 11 is 1.64.